The predicted octanol–water partition coefficient (Wildman–Crippen LogP) is 7.64. The van der Waals surface area contributed by atoms with Gasteiger partial charge in [-0.25, -0.2) is 0 Å². The second kappa shape index (κ2) is 12.8. The highest BCUT2D eigenvalue weighted by Crippen LogP contribution is 2.42. The number of hydrogen-bond acceptors (Lipinski definition) is 1. The van der Waals surface area contributed by atoms with Gasteiger partial charge in [-0.3, -0.25) is 0 Å². The third-order valence-electron chi connectivity index (χ3n) is 12.9. The maximum atomic E-state index is 2.65. The average molecular weight is 771 g/mol. The summed E-state index contributed by atoms with van der Waals surface area (Å²) in [5.41, 5.74) is 7.54. The fourth-order valence-electron chi connectivity index (χ4n) is 10.7. The maximum absolute atomic E-state index is 3.03. The molecule has 0 bridgehead atoms. The van der Waals surface area contributed by atoms with E-state index in [4.69, 9.17) is 0 Å². The van der Waals surface area contributed by atoms with Crippen LogP contribution in [0.3, 0.4) is 0 Å². The van der Waals surface area contributed by atoms with Crippen molar-refractivity contribution in [2.45, 2.75) is 0 Å². The van der Waals surface area contributed by atoms with Crippen molar-refractivity contribution in [3.8, 4) is 5.69 Å². The molecule has 0 N–H and O–H groups in total. The van der Waals surface area contributed by atoms with E-state index in [2.05, 4.69) is 240 Å². The fourth-order valence-corrected chi connectivity index (χ4v) is 21.1. The van der Waals surface area contributed by atoms with Crippen molar-refractivity contribution in [3.63, 3.8) is 0 Å². The topological polar surface area (TPSA) is 8.17 Å². The summed E-state index contributed by atoms with van der Waals surface area (Å²) in [6, 6.07) is 87.6. The summed E-state index contributed by atoms with van der Waals surface area (Å²) in [4.78, 5) is 2.65. The second-order valence-corrected chi connectivity index (χ2v) is 23.1. The molecule has 272 valence electrons. The van der Waals surface area contributed by atoms with E-state index < -0.39 is 16.1 Å². The minimum absolute atomic E-state index is 1.21. The molecule has 0 saturated carbocycles. The highest BCUT2D eigenvalue weighted by Gasteiger charge is 2.56. The summed E-state index contributed by atoms with van der Waals surface area (Å²) in [6.45, 7) is 0. The molecule has 0 amide bonds. The fraction of sp³-hybridized carbons (Fsp3) is 0. The zero-order chi connectivity index (χ0) is 38.3. The first-order valence-corrected chi connectivity index (χ1v) is 24.2. The molecule has 2 aliphatic rings. The number of nitrogens with zero attached hydrogens (tertiary/aromatic N) is 2. The third-order valence-corrected chi connectivity index (χ3v) is 22.5. The standard InChI is InChI=1S/C54H38N2Si2/c1-5-21-40(22-6-1)57(41-23-7-2-8-24-41)50-35-19-17-33-48(50)56-49-34-18-20-36-51(49)58(42-25-9-3-10-26-42,43-27-11-4-12-28-43)53-38-39(37-52(57)54(53)56)55-46-31-15-13-29-44(46)45-30-14-16-32-47(45)55/h1-38H. The van der Waals surface area contributed by atoms with Crippen molar-refractivity contribution in [1.29, 1.82) is 0 Å². The van der Waals surface area contributed by atoms with Gasteiger partial charge in [-0.2, -0.15) is 0 Å². The minimum atomic E-state index is -3.03. The van der Waals surface area contributed by atoms with Crippen LogP contribution in [0.2, 0.25) is 0 Å². The van der Waals surface area contributed by atoms with Gasteiger partial charge in [-0.05, 0) is 77.9 Å². The van der Waals surface area contributed by atoms with Gasteiger partial charge in [0, 0.05) is 33.5 Å². The van der Waals surface area contributed by atoms with Crippen LogP contribution in [0.15, 0.2) is 231 Å². The molecule has 2 nitrogen and oxygen atoms in total. The Morgan fingerprint density at radius 1 is 0.293 bits per heavy atom. The SMILES string of the molecule is c1ccc([Si]2(c3ccccc3)c3ccccc3N3c4ccccc4[Si](c4ccccc4)(c4ccccc4)c4cc(-n5c6ccccc6c6ccccc65)cc2c43)cc1. The summed E-state index contributed by atoms with van der Waals surface area (Å²) in [5.74, 6) is 0. The largest absolute Gasteiger partial charge is 0.311 e. The number of para-hydroxylation sites is 4. The van der Waals surface area contributed by atoms with E-state index in [1.54, 1.807) is 0 Å². The number of hydrogen-bond donors (Lipinski definition) is 0. The Balaban J connectivity index is 1.36. The Kier molecular flexibility index (Phi) is 7.30. The van der Waals surface area contributed by atoms with Crippen molar-refractivity contribution in [3.05, 3.63) is 231 Å². The van der Waals surface area contributed by atoms with Gasteiger partial charge in [0.25, 0.3) is 0 Å². The maximum Gasteiger partial charge on any atom is 0.184 e. The van der Waals surface area contributed by atoms with Gasteiger partial charge in [0.1, 0.15) is 0 Å². The molecule has 0 radical (unpaired) electrons. The van der Waals surface area contributed by atoms with Gasteiger partial charge in [-0.1, -0.05) is 194 Å². The minimum Gasteiger partial charge on any atom is -0.311 e. The van der Waals surface area contributed by atoms with E-state index in [1.165, 1.54) is 86.0 Å². The summed E-state index contributed by atoms with van der Waals surface area (Å²) >= 11 is 0. The molecule has 0 spiro atoms. The molecule has 0 fully saturated rings. The molecule has 4 heteroatoms. The Bertz CT molecular complexity index is 2890. The monoisotopic (exact) mass is 770 g/mol. The predicted molar refractivity (Wildman–Crippen MR) is 250 cm³/mol. The first-order valence-electron chi connectivity index (χ1n) is 20.2. The van der Waals surface area contributed by atoms with Crippen LogP contribution in [-0.4, -0.2) is 20.7 Å². The van der Waals surface area contributed by atoms with Crippen molar-refractivity contribution in [2.24, 2.45) is 0 Å². The van der Waals surface area contributed by atoms with Crippen LogP contribution in [0.4, 0.5) is 17.1 Å². The van der Waals surface area contributed by atoms with E-state index in [-0.39, 0.29) is 0 Å². The zero-order valence-corrected chi connectivity index (χ0v) is 33.8. The van der Waals surface area contributed by atoms with Crippen LogP contribution >= 0.6 is 0 Å². The number of benzene rings is 9. The van der Waals surface area contributed by atoms with Crippen molar-refractivity contribution < 1.29 is 0 Å². The number of anilines is 3. The summed E-state index contributed by atoms with van der Waals surface area (Å²) in [5, 5.41) is 13.8. The molecule has 58 heavy (non-hydrogen) atoms. The van der Waals surface area contributed by atoms with Crippen LogP contribution in [0.25, 0.3) is 27.5 Å². The molecule has 2 aliphatic heterocycles. The lowest BCUT2D eigenvalue weighted by Crippen LogP contribution is -2.82. The molecule has 0 unspecified atom stereocenters. The van der Waals surface area contributed by atoms with E-state index in [0.29, 0.717) is 0 Å². The molecule has 0 atom stereocenters. The van der Waals surface area contributed by atoms with Gasteiger partial charge in [0.2, 0.25) is 0 Å². The second-order valence-electron chi connectivity index (χ2n) is 15.6. The molecule has 12 rings (SSSR count). The highest BCUT2D eigenvalue weighted by molar-refractivity contribution is 7.24. The van der Waals surface area contributed by atoms with Gasteiger partial charge in [0.05, 0.1) is 11.0 Å². The van der Waals surface area contributed by atoms with Gasteiger partial charge >= 0.3 is 0 Å². The highest BCUT2D eigenvalue weighted by atomic mass is 28.3. The summed E-state index contributed by atoms with van der Waals surface area (Å²) < 4.78 is 2.55. The van der Waals surface area contributed by atoms with Crippen LogP contribution in [-0.2, 0) is 0 Å². The average Bonchev–Trinajstić information content (AvgIpc) is 3.64. The number of fused-ring (bicyclic) bond motifs is 7. The van der Waals surface area contributed by atoms with Crippen LogP contribution in [0.5, 0.6) is 0 Å². The molecule has 1 aromatic heterocycles. The lowest BCUT2D eigenvalue weighted by atomic mass is 10.1. The smallest absolute Gasteiger partial charge is 0.184 e. The Morgan fingerprint density at radius 2 is 0.621 bits per heavy atom. The molecular formula is C54H38N2Si2. The third kappa shape index (κ3) is 4.36. The zero-order valence-electron chi connectivity index (χ0n) is 31.8. The van der Waals surface area contributed by atoms with Gasteiger partial charge in [0.15, 0.2) is 16.1 Å². The Labute approximate surface area is 340 Å². The first kappa shape index (κ1) is 33.2. The number of aromatic nitrogens is 1. The van der Waals surface area contributed by atoms with E-state index in [9.17, 15) is 0 Å². The first-order chi connectivity index (χ1) is 28.8. The number of rotatable bonds is 5. The lowest BCUT2D eigenvalue weighted by molar-refractivity contribution is 1.18. The van der Waals surface area contributed by atoms with E-state index in [0.717, 1.165) is 0 Å². The van der Waals surface area contributed by atoms with E-state index >= 15 is 0 Å². The van der Waals surface area contributed by atoms with Crippen molar-refractivity contribution in [2.75, 3.05) is 4.90 Å². The quantitative estimate of drug-likeness (QED) is 0.164. The molecule has 0 aliphatic carbocycles. The van der Waals surface area contributed by atoms with E-state index in [1.807, 2.05) is 0 Å². The molecular weight excluding hydrogens is 733 g/mol. The molecule has 0 saturated heterocycles. The lowest BCUT2D eigenvalue weighted by Gasteiger charge is -2.52. The van der Waals surface area contributed by atoms with Crippen LogP contribution in [0, 0.1) is 0 Å². The normalized spacial score (nSPS) is 14.4. The van der Waals surface area contributed by atoms with Crippen molar-refractivity contribution in [1.82, 2.24) is 4.57 Å². The Morgan fingerprint density at radius 3 is 1.02 bits per heavy atom. The molecule has 10 aromatic rings. The van der Waals surface area contributed by atoms with Crippen molar-refractivity contribution >= 4 is 96.5 Å². The molecule has 9 aromatic carbocycles. The molecule has 3 heterocycles. The summed E-state index contributed by atoms with van der Waals surface area (Å²) in [6.07, 6.45) is 0. The Hall–Kier alpha value is -6.99. The summed E-state index contributed by atoms with van der Waals surface area (Å²) in [7, 11) is -6.06. The van der Waals surface area contributed by atoms with Crippen LogP contribution < -0.4 is 46.4 Å². The van der Waals surface area contributed by atoms with Gasteiger partial charge < -0.3 is 9.47 Å². The van der Waals surface area contributed by atoms with Crippen LogP contribution in [0.1, 0.15) is 0 Å². The van der Waals surface area contributed by atoms with Gasteiger partial charge in [-0.15, -0.1) is 0 Å².